The van der Waals surface area contributed by atoms with Crippen molar-refractivity contribution in [2.75, 3.05) is 6.61 Å². The van der Waals surface area contributed by atoms with E-state index < -0.39 is 5.54 Å². The first kappa shape index (κ1) is 13.5. The summed E-state index contributed by atoms with van der Waals surface area (Å²) in [6, 6.07) is 18.3. The molecule has 2 atom stereocenters. The molecule has 3 heteroatoms. The predicted octanol–water partition coefficient (Wildman–Crippen LogP) is 2.38. The molecule has 1 heterocycles. The molecule has 112 valence electrons. The van der Waals surface area contributed by atoms with Crippen LogP contribution in [0.2, 0.25) is 0 Å². The third kappa shape index (κ3) is 1.57. The summed E-state index contributed by atoms with van der Waals surface area (Å²) in [5.41, 5.74) is 2.44. The van der Waals surface area contributed by atoms with Gasteiger partial charge < -0.3 is 10.4 Å². The topological polar surface area (TPSA) is 49.3 Å². The summed E-state index contributed by atoms with van der Waals surface area (Å²) in [5, 5.41) is 13.5. The molecule has 2 N–H and O–H groups in total. The van der Waals surface area contributed by atoms with Gasteiger partial charge in [-0.1, -0.05) is 54.6 Å². The molecule has 1 fully saturated rings. The molecule has 0 aromatic heterocycles. The molecule has 0 saturated carbocycles. The van der Waals surface area contributed by atoms with E-state index in [1.807, 2.05) is 30.3 Å². The van der Waals surface area contributed by atoms with E-state index in [2.05, 4.69) is 29.6 Å². The molecular weight excluding hydrogens is 274 g/mol. The molecule has 1 saturated heterocycles. The van der Waals surface area contributed by atoms with Gasteiger partial charge in [-0.05, 0) is 29.5 Å². The van der Waals surface area contributed by atoms with Gasteiger partial charge in [0.1, 0.15) is 0 Å². The fourth-order valence-electron chi connectivity index (χ4n) is 4.40. The Kier molecular flexibility index (Phi) is 2.88. The molecule has 0 unspecified atom stereocenters. The minimum Gasteiger partial charge on any atom is -0.396 e. The first-order valence-electron chi connectivity index (χ1n) is 7.78. The Bertz CT molecular complexity index is 727. The smallest absolute Gasteiger partial charge is 0.221 e. The van der Waals surface area contributed by atoms with E-state index >= 15 is 0 Å². The van der Waals surface area contributed by atoms with Crippen molar-refractivity contribution in [1.82, 2.24) is 5.32 Å². The summed E-state index contributed by atoms with van der Waals surface area (Å²) in [5.74, 6) is 0.0598. The van der Waals surface area contributed by atoms with Crippen LogP contribution in [0.5, 0.6) is 0 Å². The molecule has 1 aliphatic carbocycles. The maximum Gasteiger partial charge on any atom is 0.221 e. The van der Waals surface area contributed by atoms with Gasteiger partial charge in [0.25, 0.3) is 0 Å². The number of piperidine rings is 1. The molecule has 1 amide bonds. The molecule has 2 aromatic carbocycles. The van der Waals surface area contributed by atoms with Crippen LogP contribution in [0, 0.1) is 5.41 Å². The maximum absolute atomic E-state index is 12.3. The first-order chi connectivity index (χ1) is 10.7. The van der Waals surface area contributed by atoms with Crippen LogP contribution < -0.4 is 5.32 Å². The summed E-state index contributed by atoms with van der Waals surface area (Å²) < 4.78 is 0. The molecular formula is C19H19NO2. The normalized spacial score (nSPS) is 29.6. The number of hydrogen-bond donors (Lipinski definition) is 2. The highest BCUT2D eigenvalue weighted by molar-refractivity contribution is 5.80. The minimum atomic E-state index is -0.616. The van der Waals surface area contributed by atoms with Crippen LogP contribution in [0.25, 0.3) is 0 Å². The predicted molar refractivity (Wildman–Crippen MR) is 84.3 cm³/mol. The Morgan fingerprint density at radius 1 is 1.05 bits per heavy atom. The fourth-order valence-corrected chi connectivity index (χ4v) is 4.40. The Morgan fingerprint density at radius 3 is 2.55 bits per heavy atom. The quantitative estimate of drug-likeness (QED) is 0.893. The zero-order chi connectivity index (χ0) is 15.2. The van der Waals surface area contributed by atoms with Crippen molar-refractivity contribution in [1.29, 1.82) is 0 Å². The van der Waals surface area contributed by atoms with E-state index in [0.29, 0.717) is 12.8 Å². The number of fused-ring (bicyclic) bond motifs is 3. The summed E-state index contributed by atoms with van der Waals surface area (Å²) >= 11 is 0. The molecule has 2 aromatic rings. The molecule has 0 spiro atoms. The van der Waals surface area contributed by atoms with Crippen molar-refractivity contribution >= 4 is 5.91 Å². The lowest BCUT2D eigenvalue weighted by atomic mass is 9.62. The number of rotatable bonds is 2. The van der Waals surface area contributed by atoms with Gasteiger partial charge in [0.2, 0.25) is 5.91 Å². The maximum atomic E-state index is 12.3. The zero-order valence-corrected chi connectivity index (χ0v) is 12.4. The second-order valence-corrected chi connectivity index (χ2v) is 6.44. The number of carbonyl (C=O) groups is 1. The van der Waals surface area contributed by atoms with E-state index in [1.165, 1.54) is 5.56 Å². The highest BCUT2D eigenvalue weighted by Gasteiger charge is 2.60. The molecule has 1 aliphatic heterocycles. The van der Waals surface area contributed by atoms with Crippen LogP contribution in [0.4, 0.5) is 0 Å². The van der Waals surface area contributed by atoms with Crippen LogP contribution in [0.15, 0.2) is 54.6 Å². The molecule has 2 aliphatic rings. The Hall–Kier alpha value is -2.13. The van der Waals surface area contributed by atoms with Gasteiger partial charge in [0.05, 0.1) is 12.1 Å². The third-order valence-corrected chi connectivity index (χ3v) is 5.41. The molecule has 0 radical (unpaired) electrons. The van der Waals surface area contributed by atoms with Crippen LogP contribution in [-0.4, -0.2) is 17.6 Å². The van der Waals surface area contributed by atoms with E-state index in [1.54, 1.807) is 0 Å². The van der Waals surface area contributed by atoms with Crippen molar-refractivity contribution in [3.63, 3.8) is 0 Å². The summed E-state index contributed by atoms with van der Waals surface area (Å²) in [6.07, 6.45) is 1.98. The minimum absolute atomic E-state index is 0.0598. The van der Waals surface area contributed by atoms with Crippen molar-refractivity contribution in [2.24, 2.45) is 5.41 Å². The lowest BCUT2D eigenvalue weighted by Crippen LogP contribution is -2.61. The van der Waals surface area contributed by atoms with Gasteiger partial charge in [-0.2, -0.15) is 0 Å². The Balaban J connectivity index is 2.04. The second kappa shape index (κ2) is 4.68. The molecule has 3 nitrogen and oxygen atoms in total. The standard InChI is InChI=1S/C19H19NO2/c21-13-18-11-10-17(22)20-19(18,15-7-2-1-3-8-15)16-9-5-4-6-14(16)12-18/h1-9,21H,10-13H2,(H,20,22)/t18-,19+/m0/s1. The van der Waals surface area contributed by atoms with Gasteiger partial charge in [-0.25, -0.2) is 0 Å². The first-order valence-corrected chi connectivity index (χ1v) is 7.78. The van der Waals surface area contributed by atoms with E-state index in [-0.39, 0.29) is 17.9 Å². The fraction of sp³-hybridized carbons (Fsp3) is 0.316. The van der Waals surface area contributed by atoms with Crippen LogP contribution in [0.3, 0.4) is 0 Å². The molecule has 22 heavy (non-hydrogen) atoms. The van der Waals surface area contributed by atoms with E-state index in [9.17, 15) is 9.90 Å². The van der Waals surface area contributed by atoms with Crippen molar-refractivity contribution in [3.8, 4) is 0 Å². The van der Waals surface area contributed by atoms with Gasteiger partial charge in [0.15, 0.2) is 0 Å². The van der Waals surface area contributed by atoms with Gasteiger partial charge in [-0.15, -0.1) is 0 Å². The van der Waals surface area contributed by atoms with Gasteiger partial charge >= 0.3 is 0 Å². The highest BCUT2D eigenvalue weighted by atomic mass is 16.3. The van der Waals surface area contributed by atoms with Gasteiger partial charge in [0, 0.05) is 11.8 Å². The van der Waals surface area contributed by atoms with Crippen LogP contribution in [-0.2, 0) is 16.8 Å². The number of carbonyl (C=O) groups excluding carboxylic acids is 1. The Labute approximate surface area is 130 Å². The number of aliphatic hydroxyl groups excluding tert-OH is 1. The average Bonchev–Trinajstić information content (AvgIpc) is 2.87. The molecule has 0 bridgehead atoms. The van der Waals surface area contributed by atoms with Crippen molar-refractivity contribution < 1.29 is 9.90 Å². The third-order valence-electron chi connectivity index (χ3n) is 5.41. The van der Waals surface area contributed by atoms with Crippen molar-refractivity contribution in [2.45, 2.75) is 24.8 Å². The second-order valence-electron chi connectivity index (χ2n) is 6.44. The SMILES string of the molecule is O=C1CC[C@@]2(CO)Cc3ccccc3[C@@]2(c2ccccc2)N1. The van der Waals surface area contributed by atoms with Crippen LogP contribution >= 0.6 is 0 Å². The number of nitrogens with one attached hydrogen (secondary N) is 1. The largest absolute Gasteiger partial charge is 0.396 e. The van der Waals surface area contributed by atoms with E-state index in [0.717, 1.165) is 17.5 Å². The summed E-state index contributed by atoms with van der Waals surface area (Å²) in [7, 11) is 0. The highest BCUT2D eigenvalue weighted by Crippen LogP contribution is 2.57. The number of aliphatic hydroxyl groups is 1. The lowest BCUT2D eigenvalue weighted by Gasteiger charge is -2.49. The summed E-state index contributed by atoms with van der Waals surface area (Å²) in [4.78, 5) is 12.3. The van der Waals surface area contributed by atoms with Crippen molar-refractivity contribution in [3.05, 3.63) is 71.3 Å². The van der Waals surface area contributed by atoms with Gasteiger partial charge in [-0.3, -0.25) is 4.79 Å². The average molecular weight is 293 g/mol. The lowest BCUT2D eigenvalue weighted by molar-refractivity contribution is -0.130. The monoisotopic (exact) mass is 293 g/mol. The zero-order valence-electron chi connectivity index (χ0n) is 12.4. The number of amides is 1. The number of hydrogen-bond acceptors (Lipinski definition) is 2. The van der Waals surface area contributed by atoms with E-state index in [4.69, 9.17) is 0 Å². The van der Waals surface area contributed by atoms with Crippen LogP contribution in [0.1, 0.15) is 29.5 Å². The number of benzene rings is 2. The summed E-state index contributed by atoms with van der Waals surface area (Å²) in [6.45, 7) is 0.0663. The molecule has 4 rings (SSSR count). The Morgan fingerprint density at radius 2 is 1.77 bits per heavy atom.